The lowest BCUT2D eigenvalue weighted by molar-refractivity contribution is -0.145. The molecular weight excluding hydrogens is 220 g/mol. The Labute approximate surface area is 101 Å². The van der Waals surface area contributed by atoms with Gasteiger partial charge < -0.3 is 9.47 Å². The van der Waals surface area contributed by atoms with Gasteiger partial charge in [0.05, 0.1) is 14.2 Å². The van der Waals surface area contributed by atoms with Gasteiger partial charge in [-0.05, 0) is 30.1 Å². The summed E-state index contributed by atoms with van der Waals surface area (Å²) in [4.78, 5) is 22.8. The fourth-order valence-electron chi connectivity index (χ4n) is 3.18. The highest BCUT2D eigenvalue weighted by atomic mass is 16.5. The van der Waals surface area contributed by atoms with E-state index < -0.39 is 0 Å². The van der Waals surface area contributed by atoms with Crippen LogP contribution in [0.1, 0.15) is 19.3 Å². The molecule has 0 unspecified atom stereocenters. The van der Waals surface area contributed by atoms with Crippen molar-refractivity contribution in [3.8, 4) is 0 Å². The van der Waals surface area contributed by atoms with E-state index in [9.17, 15) is 9.59 Å². The topological polar surface area (TPSA) is 52.6 Å². The monoisotopic (exact) mass is 238 g/mol. The number of hydrogen-bond acceptors (Lipinski definition) is 4. The van der Waals surface area contributed by atoms with Gasteiger partial charge in [0.2, 0.25) is 0 Å². The van der Waals surface area contributed by atoms with Crippen LogP contribution in [0.5, 0.6) is 0 Å². The Hall–Kier alpha value is -1.32. The van der Waals surface area contributed by atoms with Gasteiger partial charge >= 0.3 is 11.9 Å². The van der Waals surface area contributed by atoms with Crippen LogP contribution in [0.2, 0.25) is 0 Å². The molecule has 2 rings (SSSR count). The molecule has 0 aromatic heterocycles. The summed E-state index contributed by atoms with van der Waals surface area (Å²) in [5, 5.41) is 0. The molecule has 0 radical (unpaired) electrons. The second-order valence-corrected chi connectivity index (χ2v) is 4.84. The number of ether oxygens (including phenoxy) is 2. The van der Waals surface area contributed by atoms with Crippen molar-refractivity contribution in [1.29, 1.82) is 0 Å². The zero-order chi connectivity index (χ0) is 12.4. The first kappa shape index (κ1) is 12.1. The van der Waals surface area contributed by atoms with Gasteiger partial charge in [0.15, 0.2) is 0 Å². The van der Waals surface area contributed by atoms with E-state index in [1.165, 1.54) is 14.2 Å². The molecule has 0 N–H and O–H groups in total. The second kappa shape index (κ2) is 4.90. The first-order valence-electron chi connectivity index (χ1n) is 5.97. The number of carbonyl (C=O) groups is 2. The summed E-state index contributed by atoms with van der Waals surface area (Å²) >= 11 is 0. The third-order valence-electron chi connectivity index (χ3n) is 4.06. The van der Waals surface area contributed by atoms with E-state index in [0.717, 1.165) is 6.42 Å². The molecule has 0 spiro atoms. The van der Waals surface area contributed by atoms with Crippen LogP contribution in [0.4, 0.5) is 0 Å². The van der Waals surface area contributed by atoms with Gasteiger partial charge in [-0.2, -0.15) is 0 Å². The summed E-state index contributed by atoms with van der Waals surface area (Å²) in [6.45, 7) is 0. The van der Waals surface area contributed by atoms with E-state index in [1.54, 1.807) is 0 Å². The van der Waals surface area contributed by atoms with Crippen molar-refractivity contribution < 1.29 is 19.1 Å². The van der Waals surface area contributed by atoms with E-state index >= 15 is 0 Å². The molecule has 17 heavy (non-hydrogen) atoms. The number of allylic oxidation sites excluding steroid dienone is 2. The van der Waals surface area contributed by atoms with E-state index in [4.69, 9.17) is 9.47 Å². The molecule has 1 fully saturated rings. The minimum Gasteiger partial charge on any atom is -0.469 e. The Morgan fingerprint density at radius 1 is 1.00 bits per heavy atom. The van der Waals surface area contributed by atoms with Gasteiger partial charge in [0, 0.05) is 12.8 Å². The summed E-state index contributed by atoms with van der Waals surface area (Å²) in [6, 6.07) is 0. The number of esters is 2. The lowest BCUT2D eigenvalue weighted by atomic mass is 9.79. The number of carbonyl (C=O) groups excluding carboxylic acids is 2. The smallest absolute Gasteiger partial charge is 0.305 e. The molecule has 2 aliphatic carbocycles. The molecule has 0 saturated heterocycles. The predicted molar refractivity (Wildman–Crippen MR) is 61.0 cm³/mol. The minimum atomic E-state index is -0.189. The van der Waals surface area contributed by atoms with Crippen LogP contribution in [0.15, 0.2) is 12.2 Å². The summed E-state index contributed by atoms with van der Waals surface area (Å²) in [5.41, 5.74) is 0. The van der Waals surface area contributed by atoms with E-state index in [-0.39, 0.29) is 23.8 Å². The average Bonchev–Trinajstić information content (AvgIpc) is 2.91. The van der Waals surface area contributed by atoms with Crippen molar-refractivity contribution in [3.05, 3.63) is 12.2 Å². The number of methoxy groups -OCH3 is 2. The SMILES string of the molecule is COC(=O)C[C@@H]1[C@H](CC(=O)OC)[C@H]2C=C[C@@H]1C2. The van der Waals surface area contributed by atoms with Crippen LogP contribution < -0.4 is 0 Å². The van der Waals surface area contributed by atoms with Crippen molar-refractivity contribution in [1.82, 2.24) is 0 Å². The molecule has 0 heterocycles. The van der Waals surface area contributed by atoms with Crippen molar-refractivity contribution >= 4 is 11.9 Å². The fourth-order valence-corrected chi connectivity index (χ4v) is 3.18. The molecule has 4 heteroatoms. The molecule has 0 aromatic rings. The van der Waals surface area contributed by atoms with Crippen LogP contribution in [-0.4, -0.2) is 26.2 Å². The maximum absolute atomic E-state index is 11.4. The third-order valence-corrected chi connectivity index (χ3v) is 4.06. The van der Waals surface area contributed by atoms with Crippen molar-refractivity contribution in [2.24, 2.45) is 23.7 Å². The summed E-state index contributed by atoms with van der Waals surface area (Å²) < 4.78 is 9.44. The van der Waals surface area contributed by atoms with E-state index in [2.05, 4.69) is 12.2 Å². The van der Waals surface area contributed by atoms with Crippen molar-refractivity contribution in [2.75, 3.05) is 14.2 Å². The van der Waals surface area contributed by atoms with Gasteiger partial charge in [-0.25, -0.2) is 0 Å². The molecule has 4 atom stereocenters. The minimum absolute atomic E-state index is 0.189. The molecular formula is C13H18O4. The van der Waals surface area contributed by atoms with Crippen molar-refractivity contribution in [2.45, 2.75) is 19.3 Å². The highest BCUT2D eigenvalue weighted by Crippen LogP contribution is 2.50. The lowest BCUT2D eigenvalue weighted by Gasteiger charge is -2.26. The molecule has 0 amide bonds. The fraction of sp³-hybridized carbons (Fsp3) is 0.692. The van der Waals surface area contributed by atoms with Crippen LogP contribution in [0, 0.1) is 23.7 Å². The molecule has 2 aliphatic rings. The molecule has 94 valence electrons. The number of hydrogen-bond donors (Lipinski definition) is 0. The summed E-state index contributed by atoms with van der Waals surface area (Å²) in [6.07, 6.45) is 6.22. The first-order chi connectivity index (χ1) is 8.15. The van der Waals surface area contributed by atoms with E-state index in [1.807, 2.05) is 0 Å². The predicted octanol–water partition coefficient (Wildman–Crippen LogP) is 1.55. The van der Waals surface area contributed by atoms with Crippen LogP contribution >= 0.6 is 0 Å². The Kier molecular flexibility index (Phi) is 3.50. The lowest BCUT2D eigenvalue weighted by Crippen LogP contribution is -2.25. The maximum atomic E-state index is 11.4. The first-order valence-corrected chi connectivity index (χ1v) is 5.97. The largest absolute Gasteiger partial charge is 0.469 e. The van der Waals surface area contributed by atoms with Crippen molar-refractivity contribution in [3.63, 3.8) is 0 Å². The average molecular weight is 238 g/mol. The van der Waals surface area contributed by atoms with Gasteiger partial charge in [-0.15, -0.1) is 0 Å². The Morgan fingerprint density at radius 3 is 1.76 bits per heavy atom. The van der Waals surface area contributed by atoms with Gasteiger partial charge in [0.1, 0.15) is 0 Å². The molecule has 1 saturated carbocycles. The molecule has 0 aliphatic heterocycles. The van der Waals surface area contributed by atoms with E-state index in [0.29, 0.717) is 24.7 Å². The number of rotatable bonds is 4. The molecule has 4 nitrogen and oxygen atoms in total. The Balaban J connectivity index is 2.04. The van der Waals surface area contributed by atoms with Gasteiger partial charge in [-0.1, -0.05) is 12.2 Å². The van der Waals surface area contributed by atoms with Crippen LogP contribution in [0.3, 0.4) is 0 Å². The Bertz CT molecular complexity index is 315. The molecule has 0 aromatic carbocycles. The van der Waals surface area contributed by atoms with Crippen LogP contribution in [0.25, 0.3) is 0 Å². The normalized spacial score (nSPS) is 33.8. The molecule has 2 bridgehead atoms. The third kappa shape index (κ3) is 2.35. The zero-order valence-corrected chi connectivity index (χ0v) is 10.2. The maximum Gasteiger partial charge on any atom is 0.305 e. The summed E-state index contributed by atoms with van der Waals surface area (Å²) in [7, 11) is 2.81. The standard InChI is InChI=1S/C13H18O4/c1-16-12(14)6-10-8-3-4-9(5-8)11(10)7-13(15)17-2/h3-4,8-11H,5-7H2,1-2H3/t8-,9+,10+,11-. The highest BCUT2D eigenvalue weighted by Gasteiger charge is 2.45. The van der Waals surface area contributed by atoms with Crippen LogP contribution in [-0.2, 0) is 19.1 Å². The second-order valence-electron chi connectivity index (χ2n) is 4.84. The zero-order valence-electron chi connectivity index (χ0n) is 10.2. The highest BCUT2D eigenvalue weighted by molar-refractivity contribution is 5.71. The quantitative estimate of drug-likeness (QED) is 0.551. The summed E-state index contributed by atoms with van der Waals surface area (Å²) in [5.74, 6) is 0.937. The number of fused-ring (bicyclic) bond motifs is 2. The van der Waals surface area contributed by atoms with Gasteiger partial charge in [0.25, 0.3) is 0 Å². The van der Waals surface area contributed by atoms with Gasteiger partial charge in [-0.3, -0.25) is 9.59 Å². The Morgan fingerprint density at radius 2 is 1.41 bits per heavy atom.